The maximum absolute atomic E-state index is 11.2. The van der Waals surface area contributed by atoms with E-state index in [0.29, 0.717) is 17.1 Å². The fraction of sp³-hybridized carbons (Fsp3) is 0.200. The molecule has 0 saturated heterocycles. The third-order valence-electron chi connectivity index (χ3n) is 2.82. The summed E-state index contributed by atoms with van der Waals surface area (Å²) in [6.07, 6.45) is 1.57. The van der Waals surface area contributed by atoms with Crippen LogP contribution in [0.5, 0.6) is 11.5 Å². The van der Waals surface area contributed by atoms with Gasteiger partial charge in [0.15, 0.2) is 5.78 Å². The summed E-state index contributed by atoms with van der Waals surface area (Å²) in [5, 5.41) is 0. The lowest BCUT2D eigenvalue weighted by molar-refractivity contribution is 0.101. The molecular weight excluding hydrogens is 242 g/mol. The van der Waals surface area contributed by atoms with Gasteiger partial charge in [0.1, 0.15) is 11.5 Å². The molecule has 1 heterocycles. The molecule has 0 fully saturated rings. The van der Waals surface area contributed by atoms with Crippen LogP contribution in [0.2, 0.25) is 0 Å². The standard InChI is InChI=1S/C15H15NO3/c1-10(17)11-4-5-15(16-9-11)12-6-13(18-2)8-14(7-12)19-3/h4-9H,1-3H3. The van der Waals surface area contributed by atoms with Gasteiger partial charge in [-0.15, -0.1) is 0 Å². The molecule has 0 atom stereocenters. The van der Waals surface area contributed by atoms with E-state index in [1.165, 1.54) is 6.92 Å². The van der Waals surface area contributed by atoms with Gasteiger partial charge in [-0.1, -0.05) is 0 Å². The quantitative estimate of drug-likeness (QED) is 0.790. The highest BCUT2D eigenvalue weighted by atomic mass is 16.5. The fourth-order valence-electron chi connectivity index (χ4n) is 1.73. The molecule has 0 N–H and O–H groups in total. The molecule has 0 unspecified atom stereocenters. The molecule has 0 saturated carbocycles. The molecule has 2 rings (SSSR count). The minimum Gasteiger partial charge on any atom is -0.497 e. The lowest BCUT2D eigenvalue weighted by Crippen LogP contribution is -1.94. The van der Waals surface area contributed by atoms with Crippen LogP contribution < -0.4 is 9.47 Å². The molecule has 0 radical (unpaired) electrons. The van der Waals surface area contributed by atoms with Gasteiger partial charge >= 0.3 is 0 Å². The Morgan fingerprint density at radius 2 is 1.68 bits per heavy atom. The van der Waals surface area contributed by atoms with Crippen molar-refractivity contribution in [1.29, 1.82) is 0 Å². The van der Waals surface area contributed by atoms with Crippen LogP contribution in [0.3, 0.4) is 0 Å². The number of aromatic nitrogens is 1. The summed E-state index contributed by atoms with van der Waals surface area (Å²) in [5.41, 5.74) is 2.24. The zero-order valence-corrected chi connectivity index (χ0v) is 11.1. The highest BCUT2D eigenvalue weighted by molar-refractivity contribution is 5.93. The molecule has 0 aliphatic rings. The number of pyridine rings is 1. The summed E-state index contributed by atoms with van der Waals surface area (Å²) < 4.78 is 10.4. The Kier molecular flexibility index (Phi) is 3.80. The molecule has 0 spiro atoms. The molecule has 4 heteroatoms. The average molecular weight is 257 g/mol. The van der Waals surface area contributed by atoms with Gasteiger partial charge < -0.3 is 9.47 Å². The highest BCUT2D eigenvalue weighted by Crippen LogP contribution is 2.28. The summed E-state index contributed by atoms with van der Waals surface area (Å²) >= 11 is 0. The van der Waals surface area contributed by atoms with Gasteiger partial charge in [-0.3, -0.25) is 9.78 Å². The van der Waals surface area contributed by atoms with E-state index in [9.17, 15) is 4.79 Å². The van der Waals surface area contributed by atoms with Crippen LogP contribution in [0.25, 0.3) is 11.3 Å². The molecule has 2 aromatic rings. The first-order chi connectivity index (χ1) is 9.13. The maximum Gasteiger partial charge on any atom is 0.161 e. The van der Waals surface area contributed by atoms with Gasteiger partial charge in [-0.05, 0) is 31.2 Å². The number of hydrogen-bond donors (Lipinski definition) is 0. The number of ketones is 1. The smallest absolute Gasteiger partial charge is 0.161 e. The second-order valence-electron chi connectivity index (χ2n) is 4.09. The summed E-state index contributed by atoms with van der Waals surface area (Å²) in [6, 6.07) is 9.12. The van der Waals surface area contributed by atoms with E-state index in [1.807, 2.05) is 18.2 Å². The monoisotopic (exact) mass is 257 g/mol. The van der Waals surface area contributed by atoms with Gasteiger partial charge in [0.2, 0.25) is 0 Å². The molecule has 0 aliphatic heterocycles. The van der Waals surface area contributed by atoms with E-state index < -0.39 is 0 Å². The van der Waals surface area contributed by atoms with Crippen molar-refractivity contribution in [3.63, 3.8) is 0 Å². The van der Waals surface area contributed by atoms with Crippen molar-refractivity contribution in [1.82, 2.24) is 4.98 Å². The Bertz CT molecular complexity index is 569. The minimum absolute atomic E-state index is 0.00210. The molecule has 4 nitrogen and oxygen atoms in total. The number of nitrogens with zero attached hydrogens (tertiary/aromatic N) is 1. The molecule has 1 aromatic carbocycles. The van der Waals surface area contributed by atoms with Crippen molar-refractivity contribution in [3.8, 4) is 22.8 Å². The Morgan fingerprint density at radius 3 is 2.11 bits per heavy atom. The predicted molar refractivity (Wildman–Crippen MR) is 72.8 cm³/mol. The minimum atomic E-state index is 0.00210. The Morgan fingerprint density at radius 1 is 1.05 bits per heavy atom. The number of Topliss-reactive ketones (excluding diaryl/α,β-unsaturated/α-hetero) is 1. The second-order valence-corrected chi connectivity index (χ2v) is 4.09. The normalized spacial score (nSPS) is 10.1. The molecule has 0 amide bonds. The van der Waals surface area contributed by atoms with Crippen LogP contribution in [0.4, 0.5) is 0 Å². The molecule has 98 valence electrons. The van der Waals surface area contributed by atoms with E-state index >= 15 is 0 Å². The lowest BCUT2D eigenvalue weighted by atomic mass is 10.1. The van der Waals surface area contributed by atoms with E-state index in [1.54, 1.807) is 32.5 Å². The van der Waals surface area contributed by atoms with Gasteiger partial charge in [0.05, 0.1) is 19.9 Å². The largest absolute Gasteiger partial charge is 0.497 e. The SMILES string of the molecule is COc1cc(OC)cc(-c2ccc(C(C)=O)cn2)c1. The van der Waals surface area contributed by atoms with E-state index in [4.69, 9.17) is 9.47 Å². The van der Waals surface area contributed by atoms with E-state index in [0.717, 1.165) is 11.3 Å². The summed E-state index contributed by atoms with van der Waals surface area (Å²) in [7, 11) is 3.20. The van der Waals surface area contributed by atoms with Crippen LogP contribution in [-0.2, 0) is 0 Å². The molecule has 1 aromatic heterocycles. The molecule has 0 aliphatic carbocycles. The Balaban J connectivity index is 2.42. The highest BCUT2D eigenvalue weighted by Gasteiger charge is 2.06. The number of rotatable bonds is 4. The van der Waals surface area contributed by atoms with Gasteiger partial charge in [0.25, 0.3) is 0 Å². The van der Waals surface area contributed by atoms with Crippen LogP contribution in [0.1, 0.15) is 17.3 Å². The van der Waals surface area contributed by atoms with Crippen LogP contribution in [0, 0.1) is 0 Å². The number of methoxy groups -OCH3 is 2. The number of carbonyl (C=O) groups excluding carboxylic acids is 1. The van der Waals surface area contributed by atoms with E-state index in [2.05, 4.69) is 4.98 Å². The van der Waals surface area contributed by atoms with Crippen molar-refractivity contribution in [2.75, 3.05) is 14.2 Å². The van der Waals surface area contributed by atoms with Crippen molar-refractivity contribution < 1.29 is 14.3 Å². The van der Waals surface area contributed by atoms with E-state index in [-0.39, 0.29) is 5.78 Å². The third-order valence-corrected chi connectivity index (χ3v) is 2.82. The summed E-state index contributed by atoms with van der Waals surface area (Å²) in [6.45, 7) is 1.52. The van der Waals surface area contributed by atoms with Crippen LogP contribution in [-0.4, -0.2) is 25.0 Å². The van der Waals surface area contributed by atoms with Crippen molar-refractivity contribution in [2.45, 2.75) is 6.92 Å². The van der Waals surface area contributed by atoms with Crippen molar-refractivity contribution >= 4 is 5.78 Å². The summed E-state index contributed by atoms with van der Waals surface area (Å²) in [4.78, 5) is 15.5. The molecule has 0 bridgehead atoms. The first-order valence-electron chi connectivity index (χ1n) is 5.84. The third kappa shape index (κ3) is 2.91. The first kappa shape index (κ1) is 13.1. The molecule has 19 heavy (non-hydrogen) atoms. The fourth-order valence-corrected chi connectivity index (χ4v) is 1.73. The zero-order chi connectivity index (χ0) is 13.8. The summed E-state index contributed by atoms with van der Waals surface area (Å²) in [5.74, 6) is 1.40. The first-order valence-corrected chi connectivity index (χ1v) is 5.84. The Hall–Kier alpha value is -2.36. The van der Waals surface area contributed by atoms with Gasteiger partial charge in [0, 0.05) is 23.4 Å². The van der Waals surface area contributed by atoms with Crippen molar-refractivity contribution in [2.24, 2.45) is 0 Å². The van der Waals surface area contributed by atoms with Crippen LogP contribution in [0.15, 0.2) is 36.5 Å². The predicted octanol–water partition coefficient (Wildman–Crippen LogP) is 2.97. The van der Waals surface area contributed by atoms with Gasteiger partial charge in [-0.2, -0.15) is 0 Å². The number of carbonyl (C=O) groups is 1. The maximum atomic E-state index is 11.2. The van der Waals surface area contributed by atoms with Crippen LogP contribution >= 0.6 is 0 Å². The second kappa shape index (κ2) is 5.52. The zero-order valence-electron chi connectivity index (χ0n) is 11.1. The number of hydrogen-bond acceptors (Lipinski definition) is 4. The number of ether oxygens (including phenoxy) is 2. The molecular formula is C15H15NO3. The average Bonchev–Trinajstić information content (AvgIpc) is 2.46. The topological polar surface area (TPSA) is 48.4 Å². The Labute approximate surface area is 112 Å². The van der Waals surface area contributed by atoms with Gasteiger partial charge in [-0.25, -0.2) is 0 Å². The number of benzene rings is 1. The lowest BCUT2D eigenvalue weighted by Gasteiger charge is -2.08. The van der Waals surface area contributed by atoms with Crippen molar-refractivity contribution in [3.05, 3.63) is 42.1 Å².